The van der Waals surface area contributed by atoms with Gasteiger partial charge in [0.2, 0.25) is 0 Å². The number of hydrogen-bond donors (Lipinski definition) is 1. The van der Waals surface area contributed by atoms with E-state index in [0.717, 1.165) is 10.7 Å². The lowest BCUT2D eigenvalue weighted by atomic mass is 9.98. The Hall–Kier alpha value is -1.46. The van der Waals surface area contributed by atoms with Crippen molar-refractivity contribution in [1.29, 1.82) is 0 Å². The number of halogens is 1. The van der Waals surface area contributed by atoms with Gasteiger partial charge in [0, 0.05) is 23.4 Å². The third-order valence-corrected chi connectivity index (χ3v) is 3.80. The van der Waals surface area contributed by atoms with Gasteiger partial charge in [-0.2, -0.15) is 0 Å². The van der Waals surface area contributed by atoms with E-state index in [4.69, 9.17) is 4.74 Å². The first-order valence-corrected chi connectivity index (χ1v) is 6.57. The molecule has 1 aliphatic heterocycles. The summed E-state index contributed by atoms with van der Waals surface area (Å²) in [5.41, 5.74) is 1.44. The van der Waals surface area contributed by atoms with Crippen LogP contribution in [0, 0.1) is 12.7 Å². The minimum Gasteiger partial charge on any atom is -0.483 e. The Morgan fingerprint density at radius 3 is 3.06 bits per heavy atom. The molecule has 0 aliphatic carbocycles. The standard InChI is InChI=1S/C13H12FNO2S/c1-7-15-10(6-18-7)13-5-11(16)9-3-2-8(14)4-12(9)17-13/h2-4,6,11,13,16H,5H2,1H3/t11-,13?/m0/s1. The van der Waals surface area contributed by atoms with Crippen molar-refractivity contribution in [3.63, 3.8) is 0 Å². The lowest BCUT2D eigenvalue weighted by Gasteiger charge is -2.28. The Morgan fingerprint density at radius 1 is 1.50 bits per heavy atom. The summed E-state index contributed by atoms with van der Waals surface area (Å²) in [6, 6.07) is 4.21. The molecule has 1 aromatic carbocycles. The maximum atomic E-state index is 13.2. The van der Waals surface area contributed by atoms with Crippen LogP contribution in [0.15, 0.2) is 23.6 Å². The van der Waals surface area contributed by atoms with Crippen LogP contribution in [0.3, 0.4) is 0 Å². The molecule has 0 fully saturated rings. The summed E-state index contributed by atoms with van der Waals surface area (Å²) < 4.78 is 18.9. The number of aromatic nitrogens is 1. The number of aliphatic hydroxyl groups excluding tert-OH is 1. The minimum atomic E-state index is -0.638. The third-order valence-electron chi connectivity index (χ3n) is 3.01. The summed E-state index contributed by atoms with van der Waals surface area (Å²) >= 11 is 1.54. The number of ether oxygens (including phenoxy) is 1. The van der Waals surface area contributed by atoms with Gasteiger partial charge in [-0.1, -0.05) is 0 Å². The molecule has 2 aromatic rings. The normalized spacial score (nSPS) is 22.4. The quantitative estimate of drug-likeness (QED) is 0.861. The number of thiazole rings is 1. The summed E-state index contributed by atoms with van der Waals surface area (Å²) in [4.78, 5) is 4.35. The maximum Gasteiger partial charge on any atom is 0.144 e. The fourth-order valence-corrected chi connectivity index (χ4v) is 2.78. The molecule has 18 heavy (non-hydrogen) atoms. The molecule has 0 saturated heterocycles. The van der Waals surface area contributed by atoms with Crippen LogP contribution in [0.1, 0.15) is 34.9 Å². The van der Waals surface area contributed by atoms with Gasteiger partial charge in [0.1, 0.15) is 17.7 Å². The molecule has 1 unspecified atom stereocenters. The monoisotopic (exact) mass is 265 g/mol. The van der Waals surface area contributed by atoms with E-state index in [1.54, 1.807) is 6.07 Å². The molecule has 2 atom stereocenters. The Kier molecular flexibility index (Phi) is 2.80. The molecule has 0 spiro atoms. The molecule has 0 bridgehead atoms. The van der Waals surface area contributed by atoms with Gasteiger partial charge in [-0.15, -0.1) is 11.3 Å². The second-order valence-corrected chi connectivity index (χ2v) is 5.39. The molecular formula is C13H12FNO2S. The maximum absolute atomic E-state index is 13.2. The van der Waals surface area contributed by atoms with Crippen molar-refractivity contribution in [1.82, 2.24) is 4.98 Å². The highest BCUT2D eigenvalue weighted by Gasteiger charge is 2.29. The topological polar surface area (TPSA) is 42.4 Å². The van der Waals surface area contributed by atoms with Gasteiger partial charge in [-0.25, -0.2) is 9.37 Å². The smallest absolute Gasteiger partial charge is 0.144 e. The molecule has 0 saturated carbocycles. The fourth-order valence-electron chi connectivity index (χ4n) is 2.13. The molecule has 1 N–H and O–H groups in total. The zero-order valence-corrected chi connectivity index (χ0v) is 10.6. The fraction of sp³-hybridized carbons (Fsp3) is 0.308. The lowest BCUT2D eigenvalue weighted by molar-refractivity contribution is 0.0635. The molecule has 94 valence electrons. The van der Waals surface area contributed by atoms with E-state index in [0.29, 0.717) is 17.7 Å². The summed E-state index contributed by atoms with van der Waals surface area (Å²) in [5, 5.41) is 12.9. The Balaban J connectivity index is 1.95. The van der Waals surface area contributed by atoms with Crippen LogP contribution in [0.4, 0.5) is 4.39 Å². The van der Waals surface area contributed by atoms with Crippen molar-refractivity contribution in [3.8, 4) is 5.75 Å². The Morgan fingerprint density at radius 2 is 2.33 bits per heavy atom. The predicted octanol–water partition coefficient (Wildman–Crippen LogP) is 3.15. The average molecular weight is 265 g/mol. The number of benzene rings is 1. The first-order valence-electron chi connectivity index (χ1n) is 5.69. The van der Waals surface area contributed by atoms with Crippen LogP contribution in [-0.4, -0.2) is 10.1 Å². The Labute approximate surface area is 108 Å². The van der Waals surface area contributed by atoms with E-state index in [9.17, 15) is 9.50 Å². The van der Waals surface area contributed by atoms with Gasteiger partial charge >= 0.3 is 0 Å². The summed E-state index contributed by atoms with van der Waals surface area (Å²) in [7, 11) is 0. The molecular weight excluding hydrogens is 253 g/mol. The second kappa shape index (κ2) is 4.33. The molecule has 1 aliphatic rings. The lowest BCUT2D eigenvalue weighted by Crippen LogP contribution is -2.19. The first-order chi connectivity index (χ1) is 8.63. The van der Waals surface area contributed by atoms with E-state index >= 15 is 0 Å². The van der Waals surface area contributed by atoms with Gasteiger partial charge in [0.25, 0.3) is 0 Å². The van der Waals surface area contributed by atoms with Crippen molar-refractivity contribution in [2.24, 2.45) is 0 Å². The van der Waals surface area contributed by atoms with Crippen molar-refractivity contribution in [3.05, 3.63) is 45.7 Å². The highest BCUT2D eigenvalue weighted by molar-refractivity contribution is 7.09. The van der Waals surface area contributed by atoms with Crippen molar-refractivity contribution >= 4 is 11.3 Å². The molecule has 0 radical (unpaired) electrons. The number of aliphatic hydroxyl groups is 1. The number of nitrogens with zero attached hydrogens (tertiary/aromatic N) is 1. The van der Waals surface area contributed by atoms with E-state index in [-0.39, 0.29) is 11.9 Å². The number of hydrogen-bond acceptors (Lipinski definition) is 4. The van der Waals surface area contributed by atoms with Crippen molar-refractivity contribution < 1.29 is 14.2 Å². The van der Waals surface area contributed by atoms with Crippen LogP contribution in [0.5, 0.6) is 5.75 Å². The highest BCUT2D eigenvalue weighted by Crippen LogP contribution is 2.40. The predicted molar refractivity (Wildman–Crippen MR) is 66.2 cm³/mol. The van der Waals surface area contributed by atoms with E-state index in [1.165, 1.54) is 23.5 Å². The largest absolute Gasteiger partial charge is 0.483 e. The van der Waals surface area contributed by atoms with Gasteiger partial charge in [0.15, 0.2) is 0 Å². The van der Waals surface area contributed by atoms with E-state index in [1.807, 2.05) is 12.3 Å². The first kappa shape index (κ1) is 11.6. The molecule has 0 amide bonds. The Bertz CT molecular complexity index is 584. The van der Waals surface area contributed by atoms with Crippen molar-refractivity contribution in [2.45, 2.75) is 25.6 Å². The zero-order valence-electron chi connectivity index (χ0n) is 9.76. The number of rotatable bonds is 1. The van der Waals surface area contributed by atoms with Gasteiger partial charge in [-0.3, -0.25) is 0 Å². The minimum absolute atomic E-state index is 0.306. The summed E-state index contributed by atoms with van der Waals surface area (Å²) in [5.74, 6) is 0.0421. The second-order valence-electron chi connectivity index (χ2n) is 4.33. The molecule has 5 heteroatoms. The van der Waals surface area contributed by atoms with Gasteiger partial charge in [0.05, 0.1) is 16.8 Å². The van der Waals surface area contributed by atoms with Crippen LogP contribution in [0.25, 0.3) is 0 Å². The third kappa shape index (κ3) is 2.00. The zero-order chi connectivity index (χ0) is 12.7. The molecule has 2 heterocycles. The summed E-state index contributed by atoms with van der Waals surface area (Å²) in [6.07, 6.45) is -0.498. The van der Waals surface area contributed by atoms with Crippen LogP contribution >= 0.6 is 11.3 Å². The van der Waals surface area contributed by atoms with E-state index in [2.05, 4.69) is 4.98 Å². The van der Waals surface area contributed by atoms with E-state index < -0.39 is 6.10 Å². The SMILES string of the molecule is Cc1nc(C2C[C@H](O)c3ccc(F)cc3O2)cs1. The average Bonchev–Trinajstić information content (AvgIpc) is 2.75. The molecule has 3 rings (SSSR count). The van der Waals surface area contributed by atoms with Crippen LogP contribution in [-0.2, 0) is 0 Å². The van der Waals surface area contributed by atoms with Crippen molar-refractivity contribution in [2.75, 3.05) is 0 Å². The van der Waals surface area contributed by atoms with Gasteiger partial charge < -0.3 is 9.84 Å². The molecule has 1 aromatic heterocycles. The number of fused-ring (bicyclic) bond motifs is 1. The molecule has 3 nitrogen and oxygen atoms in total. The van der Waals surface area contributed by atoms with Crippen LogP contribution < -0.4 is 4.74 Å². The highest BCUT2D eigenvalue weighted by atomic mass is 32.1. The van der Waals surface area contributed by atoms with Gasteiger partial charge in [-0.05, 0) is 19.1 Å². The number of aryl methyl sites for hydroxylation is 1. The van der Waals surface area contributed by atoms with Crippen LogP contribution in [0.2, 0.25) is 0 Å². The summed E-state index contributed by atoms with van der Waals surface area (Å²) in [6.45, 7) is 1.92.